The molecule has 0 unspecified atom stereocenters. The van der Waals surface area contributed by atoms with Gasteiger partial charge in [-0.05, 0) is 57.4 Å². The fraction of sp³-hybridized carbons (Fsp3) is 0.400. The van der Waals surface area contributed by atoms with Crippen LogP contribution in [0.25, 0.3) is 0 Å². The molecule has 7 heteroatoms. The van der Waals surface area contributed by atoms with Gasteiger partial charge in [0.25, 0.3) is 5.91 Å². The van der Waals surface area contributed by atoms with Gasteiger partial charge in [-0.2, -0.15) is 0 Å². The molecule has 1 N–H and O–H groups in total. The Morgan fingerprint density at radius 3 is 2.59 bits per heavy atom. The van der Waals surface area contributed by atoms with Crippen LogP contribution in [-0.4, -0.2) is 23.1 Å². The topological polar surface area (TPSA) is 60.3 Å². The summed E-state index contributed by atoms with van der Waals surface area (Å²) >= 11 is 12.0. The van der Waals surface area contributed by atoms with Crippen LogP contribution >= 0.6 is 23.2 Å². The Labute approximate surface area is 168 Å². The summed E-state index contributed by atoms with van der Waals surface area (Å²) in [4.78, 5) is 24.5. The summed E-state index contributed by atoms with van der Waals surface area (Å²) in [7, 11) is 0. The third-order valence-electron chi connectivity index (χ3n) is 4.76. The van der Waals surface area contributed by atoms with Crippen LogP contribution in [0.15, 0.2) is 24.3 Å². The molecule has 0 spiro atoms. The molecule has 1 aliphatic rings. The maximum Gasteiger partial charge on any atom is 0.340 e. The molecule has 3 rings (SSSR count). The molecule has 0 aliphatic heterocycles. The lowest BCUT2D eigenvalue weighted by molar-refractivity contribution is -0.124. The van der Waals surface area contributed by atoms with Gasteiger partial charge in [0.15, 0.2) is 6.61 Å². The zero-order valence-electron chi connectivity index (χ0n) is 15.5. The highest BCUT2D eigenvalue weighted by Gasteiger charge is 2.29. The van der Waals surface area contributed by atoms with Crippen LogP contribution in [0.3, 0.4) is 0 Å². The van der Waals surface area contributed by atoms with Crippen LogP contribution in [0.4, 0.5) is 0 Å². The SMILES string of the molecule is Cc1cc(C(=O)OCC(=O)N[C@@H](C)c2ccc(Cl)cc2Cl)c(C)n1C1CC1. The lowest BCUT2D eigenvalue weighted by Gasteiger charge is -2.16. The van der Waals surface area contributed by atoms with E-state index in [0.29, 0.717) is 21.7 Å². The first-order valence-electron chi connectivity index (χ1n) is 8.87. The lowest BCUT2D eigenvalue weighted by atomic mass is 10.1. The van der Waals surface area contributed by atoms with E-state index in [9.17, 15) is 9.59 Å². The van der Waals surface area contributed by atoms with Gasteiger partial charge in [-0.3, -0.25) is 4.79 Å². The highest BCUT2D eigenvalue weighted by atomic mass is 35.5. The van der Waals surface area contributed by atoms with Crippen molar-refractivity contribution in [3.63, 3.8) is 0 Å². The number of carbonyl (C=O) groups excluding carboxylic acids is 2. The highest BCUT2D eigenvalue weighted by Crippen LogP contribution is 2.38. The number of aryl methyl sites for hydroxylation is 1. The molecule has 1 aliphatic carbocycles. The van der Waals surface area contributed by atoms with Crippen molar-refractivity contribution in [1.82, 2.24) is 9.88 Å². The Hall–Kier alpha value is -1.98. The number of benzene rings is 1. The monoisotopic (exact) mass is 408 g/mol. The summed E-state index contributed by atoms with van der Waals surface area (Å²) in [6, 6.07) is 7.07. The second kappa shape index (κ2) is 7.95. The van der Waals surface area contributed by atoms with Crippen LogP contribution in [0.2, 0.25) is 10.0 Å². The molecule has 27 heavy (non-hydrogen) atoms. The number of carbonyl (C=O) groups is 2. The second-order valence-corrected chi connectivity index (χ2v) is 7.76. The number of hydrogen-bond acceptors (Lipinski definition) is 3. The van der Waals surface area contributed by atoms with Crippen LogP contribution in [0.1, 0.15) is 59.2 Å². The minimum atomic E-state index is -0.484. The standard InChI is InChI=1S/C20H22Cl2N2O3/c1-11-8-17(13(3)24(11)15-5-6-15)20(26)27-10-19(25)23-12(2)16-7-4-14(21)9-18(16)22/h4,7-9,12,15H,5-6,10H2,1-3H3,(H,23,25)/t12-/m0/s1. The van der Waals surface area contributed by atoms with E-state index in [1.54, 1.807) is 25.1 Å². The van der Waals surface area contributed by atoms with Crippen molar-refractivity contribution in [1.29, 1.82) is 0 Å². The number of nitrogens with zero attached hydrogens (tertiary/aromatic N) is 1. The van der Waals surface area contributed by atoms with Gasteiger partial charge in [0, 0.05) is 27.5 Å². The minimum Gasteiger partial charge on any atom is -0.452 e. The molecular formula is C20H22Cl2N2O3. The molecule has 0 bridgehead atoms. The van der Waals surface area contributed by atoms with Crippen molar-refractivity contribution in [2.45, 2.75) is 45.7 Å². The van der Waals surface area contributed by atoms with Crippen LogP contribution in [0.5, 0.6) is 0 Å². The van der Waals surface area contributed by atoms with E-state index in [0.717, 1.165) is 29.8 Å². The third-order valence-corrected chi connectivity index (χ3v) is 5.32. The van der Waals surface area contributed by atoms with Crippen molar-refractivity contribution < 1.29 is 14.3 Å². The summed E-state index contributed by atoms with van der Waals surface area (Å²) < 4.78 is 7.37. The molecule has 1 fully saturated rings. The first kappa shape index (κ1) is 19.8. The molecule has 144 valence electrons. The fourth-order valence-corrected chi connectivity index (χ4v) is 3.87. The molecule has 1 saturated carbocycles. The molecular weight excluding hydrogens is 387 g/mol. The van der Waals surface area contributed by atoms with Crippen LogP contribution in [-0.2, 0) is 9.53 Å². The molecule has 2 aromatic rings. The van der Waals surface area contributed by atoms with Crippen molar-refractivity contribution in [2.75, 3.05) is 6.61 Å². The zero-order chi connectivity index (χ0) is 19.7. The average Bonchev–Trinajstić information content (AvgIpc) is 3.37. The molecule has 1 amide bonds. The van der Waals surface area contributed by atoms with Crippen molar-refractivity contribution in [2.24, 2.45) is 0 Å². The highest BCUT2D eigenvalue weighted by molar-refractivity contribution is 6.35. The van der Waals surface area contributed by atoms with E-state index in [1.165, 1.54) is 0 Å². The number of hydrogen-bond donors (Lipinski definition) is 1. The number of halogens is 2. The molecule has 5 nitrogen and oxygen atoms in total. The smallest absolute Gasteiger partial charge is 0.340 e. The first-order valence-corrected chi connectivity index (χ1v) is 9.63. The second-order valence-electron chi connectivity index (χ2n) is 6.92. The zero-order valence-corrected chi connectivity index (χ0v) is 17.0. The molecule has 1 aromatic heterocycles. The molecule has 1 heterocycles. The summed E-state index contributed by atoms with van der Waals surface area (Å²) in [5.74, 6) is -0.875. The van der Waals surface area contributed by atoms with Gasteiger partial charge < -0.3 is 14.6 Å². The molecule has 0 radical (unpaired) electrons. The average molecular weight is 409 g/mol. The largest absolute Gasteiger partial charge is 0.452 e. The number of nitrogens with one attached hydrogen (secondary N) is 1. The minimum absolute atomic E-state index is 0.333. The van der Waals surface area contributed by atoms with Gasteiger partial charge in [0.2, 0.25) is 0 Å². The summed E-state index contributed by atoms with van der Waals surface area (Å²) in [6.07, 6.45) is 2.27. The Morgan fingerprint density at radius 2 is 1.96 bits per heavy atom. The number of ether oxygens (including phenoxy) is 1. The molecule has 1 atom stereocenters. The van der Waals surface area contributed by atoms with Gasteiger partial charge >= 0.3 is 5.97 Å². The van der Waals surface area contributed by atoms with E-state index in [2.05, 4.69) is 9.88 Å². The Morgan fingerprint density at radius 1 is 1.26 bits per heavy atom. The van der Waals surface area contributed by atoms with Crippen LogP contribution in [0, 0.1) is 13.8 Å². The number of esters is 1. The van der Waals surface area contributed by atoms with Crippen molar-refractivity contribution in [3.8, 4) is 0 Å². The van der Waals surface area contributed by atoms with Gasteiger partial charge in [0.1, 0.15) is 0 Å². The van der Waals surface area contributed by atoms with E-state index >= 15 is 0 Å². The first-order chi connectivity index (χ1) is 12.8. The Kier molecular flexibility index (Phi) is 5.82. The Bertz CT molecular complexity index is 888. The van der Waals surface area contributed by atoms with Gasteiger partial charge in [-0.25, -0.2) is 4.79 Å². The van der Waals surface area contributed by atoms with Crippen molar-refractivity contribution >= 4 is 35.1 Å². The Balaban J connectivity index is 1.57. The lowest BCUT2D eigenvalue weighted by Crippen LogP contribution is -2.31. The summed E-state index contributed by atoms with van der Waals surface area (Å²) in [6.45, 7) is 5.35. The molecule has 1 aromatic carbocycles. The van der Waals surface area contributed by atoms with Gasteiger partial charge in [-0.1, -0.05) is 29.3 Å². The normalized spacial score (nSPS) is 14.7. The van der Waals surface area contributed by atoms with E-state index < -0.39 is 11.9 Å². The number of rotatable bonds is 6. The van der Waals surface area contributed by atoms with Crippen molar-refractivity contribution in [3.05, 3.63) is 56.8 Å². The fourth-order valence-electron chi connectivity index (χ4n) is 3.30. The summed E-state index contributed by atoms with van der Waals surface area (Å²) in [5.41, 5.74) is 3.19. The van der Waals surface area contributed by atoms with Gasteiger partial charge in [-0.15, -0.1) is 0 Å². The van der Waals surface area contributed by atoms with E-state index in [4.69, 9.17) is 27.9 Å². The number of aromatic nitrogens is 1. The van der Waals surface area contributed by atoms with E-state index in [1.807, 2.05) is 19.9 Å². The predicted molar refractivity (Wildman–Crippen MR) is 105 cm³/mol. The third kappa shape index (κ3) is 4.47. The van der Waals surface area contributed by atoms with Gasteiger partial charge in [0.05, 0.1) is 11.6 Å². The van der Waals surface area contributed by atoms with Crippen LogP contribution < -0.4 is 5.32 Å². The molecule has 0 saturated heterocycles. The number of amides is 1. The predicted octanol–water partition coefficient (Wildman–Crippen LogP) is 4.78. The maximum atomic E-state index is 12.4. The summed E-state index contributed by atoms with van der Waals surface area (Å²) in [5, 5.41) is 3.77. The van der Waals surface area contributed by atoms with E-state index in [-0.39, 0.29) is 12.6 Å². The maximum absolute atomic E-state index is 12.4. The quantitative estimate of drug-likeness (QED) is 0.699.